The second kappa shape index (κ2) is 10.3. The van der Waals surface area contributed by atoms with Crippen molar-refractivity contribution in [2.45, 2.75) is 45.3 Å². The Labute approximate surface area is 156 Å². The Morgan fingerprint density at radius 3 is 2.52 bits per heavy atom. The average molecular weight is 356 g/mol. The molecular formula is C22H29NOS. The van der Waals surface area contributed by atoms with Crippen LogP contribution in [0.1, 0.15) is 48.4 Å². The Morgan fingerprint density at radius 1 is 1.08 bits per heavy atom. The molecule has 2 rings (SSSR count). The van der Waals surface area contributed by atoms with E-state index in [0.29, 0.717) is 11.7 Å². The number of nitrogens with one attached hydrogen (secondary N) is 1. The van der Waals surface area contributed by atoms with E-state index in [0.717, 1.165) is 25.1 Å². The van der Waals surface area contributed by atoms with E-state index >= 15 is 0 Å². The van der Waals surface area contributed by atoms with Crippen LogP contribution in [0.4, 0.5) is 0 Å². The zero-order chi connectivity index (χ0) is 18.1. The Hall–Kier alpha value is -1.74. The van der Waals surface area contributed by atoms with Gasteiger partial charge in [0, 0.05) is 12.3 Å². The quantitative estimate of drug-likeness (QED) is 0.634. The Kier molecular flexibility index (Phi) is 8.07. The summed E-state index contributed by atoms with van der Waals surface area (Å²) >= 11 is 1.67. The van der Waals surface area contributed by atoms with Gasteiger partial charge in [-0.1, -0.05) is 67.9 Å². The van der Waals surface area contributed by atoms with Gasteiger partial charge in [-0.2, -0.15) is 0 Å². The van der Waals surface area contributed by atoms with Crippen molar-refractivity contribution < 1.29 is 4.79 Å². The van der Waals surface area contributed by atoms with Gasteiger partial charge in [0.2, 0.25) is 5.91 Å². The molecule has 2 nitrogen and oxygen atoms in total. The molecular weight excluding hydrogens is 326 g/mol. The lowest BCUT2D eigenvalue weighted by Crippen LogP contribution is -2.26. The minimum atomic E-state index is 0.132. The monoisotopic (exact) mass is 355 g/mol. The number of carbonyl (C=O) groups is 1. The summed E-state index contributed by atoms with van der Waals surface area (Å²) in [7, 11) is 0. The molecule has 0 saturated heterocycles. The zero-order valence-corrected chi connectivity index (χ0v) is 16.4. The van der Waals surface area contributed by atoms with Crippen molar-refractivity contribution in [2.75, 3.05) is 12.3 Å². The van der Waals surface area contributed by atoms with E-state index in [1.165, 1.54) is 22.3 Å². The first kappa shape index (κ1) is 19.6. The van der Waals surface area contributed by atoms with E-state index in [-0.39, 0.29) is 5.91 Å². The summed E-state index contributed by atoms with van der Waals surface area (Å²) in [5.74, 6) is 2.12. The fraction of sp³-hybridized carbons (Fsp3) is 0.409. The Balaban J connectivity index is 1.59. The smallest absolute Gasteiger partial charge is 0.230 e. The van der Waals surface area contributed by atoms with Crippen LogP contribution in [0.15, 0.2) is 48.5 Å². The first-order chi connectivity index (χ1) is 12.0. The van der Waals surface area contributed by atoms with Crippen molar-refractivity contribution in [1.29, 1.82) is 0 Å². The van der Waals surface area contributed by atoms with E-state index in [1.54, 1.807) is 11.8 Å². The number of rotatable bonds is 9. The van der Waals surface area contributed by atoms with Crippen LogP contribution >= 0.6 is 11.8 Å². The van der Waals surface area contributed by atoms with Gasteiger partial charge in [-0.05, 0) is 42.4 Å². The molecule has 2 aromatic rings. The molecule has 0 radical (unpaired) electrons. The third kappa shape index (κ3) is 7.35. The lowest BCUT2D eigenvalue weighted by Gasteiger charge is -2.08. The van der Waals surface area contributed by atoms with Crippen LogP contribution in [0.3, 0.4) is 0 Å². The summed E-state index contributed by atoms with van der Waals surface area (Å²) < 4.78 is 0. The molecule has 0 aliphatic carbocycles. The van der Waals surface area contributed by atoms with Crippen LogP contribution < -0.4 is 5.32 Å². The van der Waals surface area contributed by atoms with Crippen LogP contribution in [-0.2, 0) is 17.0 Å². The average Bonchev–Trinajstić information content (AvgIpc) is 2.59. The van der Waals surface area contributed by atoms with Crippen LogP contribution in [0.5, 0.6) is 0 Å². The molecule has 0 saturated carbocycles. The standard InChI is InChI=1S/C22H29NOS/c1-17(2)21-11-9-19(10-12-21)8-5-13-23-22(24)16-25-15-20-7-4-6-18(3)14-20/h4,6-7,9-12,14,17H,5,8,13,15-16H2,1-3H3,(H,23,24). The zero-order valence-electron chi connectivity index (χ0n) is 15.5. The summed E-state index contributed by atoms with van der Waals surface area (Å²) in [4.78, 5) is 11.9. The van der Waals surface area contributed by atoms with Crippen molar-refractivity contribution in [1.82, 2.24) is 5.32 Å². The number of hydrogen-bond acceptors (Lipinski definition) is 2. The third-order valence-electron chi connectivity index (χ3n) is 4.20. The van der Waals surface area contributed by atoms with E-state index in [4.69, 9.17) is 0 Å². The van der Waals surface area contributed by atoms with Gasteiger partial charge < -0.3 is 5.32 Å². The molecule has 0 aliphatic rings. The molecule has 0 heterocycles. The topological polar surface area (TPSA) is 29.1 Å². The molecule has 0 spiro atoms. The Morgan fingerprint density at radius 2 is 1.84 bits per heavy atom. The van der Waals surface area contributed by atoms with Gasteiger partial charge in [0.1, 0.15) is 0 Å². The minimum Gasteiger partial charge on any atom is -0.355 e. The van der Waals surface area contributed by atoms with Gasteiger partial charge >= 0.3 is 0 Å². The first-order valence-electron chi connectivity index (χ1n) is 9.03. The number of hydrogen-bond donors (Lipinski definition) is 1. The number of aryl methyl sites for hydroxylation is 2. The molecule has 0 aliphatic heterocycles. The predicted molar refractivity (Wildman–Crippen MR) is 109 cm³/mol. The van der Waals surface area contributed by atoms with Gasteiger partial charge in [0.05, 0.1) is 5.75 Å². The van der Waals surface area contributed by atoms with Crippen molar-refractivity contribution in [3.05, 3.63) is 70.8 Å². The molecule has 2 aromatic carbocycles. The molecule has 134 valence electrons. The van der Waals surface area contributed by atoms with Gasteiger partial charge in [-0.15, -0.1) is 11.8 Å². The molecule has 1 N–H and O–H groups in total. The summed E-state index contributed by atoms with van der Waals surface area (Å²) in [5.41, 5.74) is 5.27. The number of thioether (sulfide) groups is 1. The minimum absolute atomic E-state index is 0.132. The lowest BCUT2D eigenvalue weighted by atomic mass is 10.0. The largest absolute Gasteiger partial charge is 0.355 e. The van der Waals surface area contributed by atoms with E-state index < -0.39 is 0 Å². The van der Waals surface area contributed by atoms with Crippen LogP contribution in [0.25, 0.3) is 0 Å². The number of carbonyl (C=O) groups excluding carboxylic acids is 1. The van der Waals surface area contributed by atoms with Gasteiger partial charge in [-0.25, -0.2) is 0 Å². The van der Waals surface area contributed by atoms with Crippen LogP contribution in [0, 0.1) is 6.92 Å². The van der Waals surface area contributed by atoms with E-state index in [2.05, 4.69) is 74.6 Å². The molecule has 0 aromatic heterocycles. The van der Waals surface area contributed by atoms with Gasteiger partial charge in [-0.3, -0.25) is 4.79 Å². The van der Waals surface area contributed by atoms with E-state index in [9.17, 15) is 4.79 Å². The number of benzene rings is 2. The molecule has 0 fully saturated rings. The second-order valence-electron chi connectivity index (χ2n) is 6.83. The van der Waals surface area contributed by atoms with Gasteiger partial charge in [0.25, 0.3) is 0 Å². The predicted octanol–water partition coefficient (Wildman–Crippen LogP) is 5.10. The van der Waals surface area contributed by atoms with Crippen LogP contribution in [0.2, 0.25) is 0 Å². The van der Waals surface area contributed by atoms with Crippen molar-refractivity contribution in [2.24, 2.45) is 0 Å². The third-order valence-corrected chi connectivity index (χ3v) is 5.20. The maximum Gasteiger partial charge on any atom is 0.230 e. The van der Waals surface area contributed by atoms with Crippen molar-refractivity contribution >= 4 is 17.7 Å². The highest BCUT2D eigenvalue weighted by Gasteiger charge is 2.03. The molecule has 3 heteroatoms. The summed E-state index contributed by atoms with van der Waals surface area (Å²) in [6.45, 7) is 7.26. The molecule has 0 atom stereocenters. The van der Waals surface area contributed by atoms with Crippen LogP contribution in [-0.4, -0.2) is 18.2 Å². The fourth-order valence-corrected chi connectivity index (χ4v) is 3.51. The molecule has 0 unspecified atom stereocenters. The molecule has 1 amide bonds. The molecule has 25 heavy (non-hydrogen) atoms. The highest BCUT2D eigenvalue weighted by atomic mass is 32.2. The maximum absolute atomic E-state index is 11.9. The van der Waals surface area contributed by atoms with Crippen molar-refractivity contribution in [3.8, 4) is 0 Å². The first-order valence-corrected chi connectivity index (χ1v) is 10.2. The number of amides is 1. The van der Waals surface area contributed by atoms with Crippen molar-refractivity contribution in [3.63, 3.8) is 0 Å². The SMILES string of the molecule is Cc1cccc(CSCC(=O)NCCCc2ccc(C(C)C)cc2)c1. The summed E-state index contributed by atoms with van der Waals surface area (Å²) in [5, 5.41) is 3.02. The second-order valence-corrected chi connectivity index (χ2v) is 7.82. The fourth-order valence-electron chi connectivity index (χ4n) is 2.70. The highest BCUT2D eigenvalue weighted by Crippen LogP contribution is 2.15. The lowest BCUT2D eigenvalue weighted by molar-refractivity contribution is -0.118. The van der Waals surface area contributed by atoms with E-state index in [1.807, 2.05) is 0 Å². The van der Waals surface area contributed by atoms with Gasteiger partial charge in [0.15, 0.2) is 0 Å². The highest BCUT2D eigenvalue weighted by molar-refractivity contribution is 7.99. The summed E-state index contributed by atoms with van der Waals surface area (Å²) in [6.07, 6.45) is 1.99. The summed E-state index contributed by atoms with van der Waals surface area (Å²) in [6, 6.07) is 17.3. The molecule has 0 bridgehead atoms. The Bertz CT molecular complexity index is 664. The maximum atomic E-state index is 11.9. The normalized spacial score (nSPS) is 10.9.